The highest BCUT2D eigenvalue weighted by atomic mass is 35.5. The Kier molecular flexibility index (Phi) is 2.17. The third kappa shape index (κ3) is 1.50. The predicted molar refractivity (Wildman–Crippen MR) is 66.8 cm³/mol. The number of nitrogens with zero attached hydrogens (tertiary/aromatic N) is 3. The van der Waals surface area contributed by atoms with Crippen LogP contribution in [-0.4, -0.2) is 9.97 Å². The number of nitriles is 1. The fourth-order valence-electron chi connectivity index (χ4n) is 1.88. The molecule has 2 aromatic heterocycles. The zero-order valence-electron chi connectivity index (χ0n) is 8.68. The minimum absolute atomic E-state index is 0.435. The molecule has 1 aromatic carbocycles. The van der Waals surface area contributed by atoms with Gasteiger partial charge in [0.1, 0.15) is 5.15 Å². The van der Waals surface area contributed by atoms with Crippen molar-refractivity contribution in [3.63, 3.8) is 0 Å². The van der Waals surface area contributed by atoms with Crippen molar-refractivity contribution in [1.29, 1.82) is 5.26 Å². The van der Waals surface area contributed by atoms with Gasteiger partial charge in [0.15, 0.2) is 0 Å². The van der Waals surface area contributed by atoms with E-state index in [-0.39, 0.29) is 0 Å². The van der Waals surface area contributed by atoms with Crippen molar-refractivity contribution in [2.75, 3.05) is 0 Å². The second kappa shape index (κ2) is 3.69. The van der Waals surface area contributed by atoms with E-state index in [0.29, 0.717) is 10.7 Å². The molecule has 3 aromatic rings. The standard InChI is InChI=1S/C13H6ClN3/c14-13-10-3-4-16-7-11(10)9-2-1-8(6-15)5-12(9)17-13/h1-5,7H. The van der Waals surface area contributed by atoms with Crippen molar-refractivity contribution < 1.29 is 0 Å². The number of hydrogen-bond acceptors (Lipinski definition) is 3. The lowest BCUT2D eigenvalue weighted by Gasteiger charge is -2.04. The molecule has 80 valence electrons. The van der Waals surface area contributed by atoms with Crippen LogP contribution in [0.25, 0.3) is 21.7 Å². The van der Waals surface area contributed by atoms with Gasteiger partial charge in [-0.05, 0) is 18.2 Å². The minimum Gasteiger partial charge on any atom is -0.264 e. The van der Waals surface area contributed by atoms with Crippen LogP contribution < -0.4 is 0 Å². The van der Waals surface area contributed by atoms with Gasteiger partial charge in [0.05, 0.1) is 17.1 Å². The molecule has 0 amide bonds. The first-order valence-corrected chi connectivity index (χ1v) is 5.40. The number of halogens is 1. The quantitative estimate of drug-likeness (QED) is 0.447. The van der Waals surface area contributed by atoms with Gasteiger partial charge < -0.3 is 0 Å². The Balaban J connectivity index is 2.53. The molecule has 2 heterocycles. The van der Waals surface area contributed by atoms with E-state index in [1.165, 1.54) is 0 Å². The molecule has 0 radical (unpaired) electrons. The first-order valence-electron chi connectivity index (χ1n) is 5.02. The zero-order valence-corrected chi connectivity index (χ0v) is 9.44. The largest absolute Gasteiger partial charge is 0.264 e. The maximum atomic E-state index is 8.86. The van der Waals surface area contributed by atoms with E-state index in [4.69, 9.17) is 16.9 Å². The summed E-state index contributed by atoms with van der Waals surface area (Å²) in [6, 6.07) is 9.30. The van der Waals surface area contributed by atoms with Gasteiger partial charge in [0.2, 0.25) is 0 Å². The van der Waals surface area contributed by atoms with E-state index in [2.05, 4.69) is 16.0 Å². The van der Waals surface area contributed by atoms with E-state index in [0.717, 1.165) is 21.7 Å². The van der Waals surface area contributed by atoms with Gasteiger partial charge in [-0.25, -0.2) is 4.98 Å². The van der Waals surface area contributed by atoms with Gasteiger partial charge in [-0.15, -0.1) is 0 Å². The summed E-state index contributed by atoms with van der Waals surface area (Å²) >= 11 is 6.11. The molecule has 0 saturated heterocycles. The molecule has 0 fully saturated rings. The SMILES string of the molecule is N#Cc1ccc2c(c1)nc(Cl)c1ccncc12. The summed E-state index contributed by atoms with van der Waals surface area (Å²) in [6.07, 6.45) is 3.45. The van der Waals surface area contributed by atoms with Crippen LogP contribution in [0.4, 0.5) is 0 Å². The number of hydrogen-bond donors (Lipinski definition) is 0. The maximum absolute atomic E-state index is 8.86. The van der Waals surface area contributed by atoms with E-state index < -0.39 is 0 Å². The second-order valence-corrected chi connectivity index (χ2v) is 4.03. The zero-order chi connectivity index (χ0) is 11.8. The average Bonchev–Trinajstić information content (AvgIpc) is 2.38. The summed E-state index contributed by atoms with van der Waals surface area (Å²) in [7, 11) is 0. The first kappa shape index (κ1) is 10.0. The van der Waals surface area contributed by atoms with Crippen LogP contribution in [0.3, 0.4) is 0 Å². The summed E-state index contributed by atoms with van der Waals surface area (Å²) in [5.74, 6) is 0. The maximum Gasteiger partial charge on any atom is 0.137 e. The van der Waals surface area contributed by atoms with E-state index in [1.807, 2.05) is 12.1 Å². The first-order chi connectivity index (χ1) is 8.29. The van der Waals surface area contributed by atoms with E-state index in [9.17, 15) is 0 Å². The Morgan fingerprint density at radius 3 is 2.82 bits per heavy atom. The minimum atomic E-state index is 0.435. The lowest BCUT2D eigenvalue weighted by atomic mass is 10.1. The van der Waals surface area contributed by atoms with Crippen molar-refractivity contribution in [3.8, 4) is 6.07 Å². The fraction of sp³-hybridized carbons (Fsp3) is 0. The molecule has 17 heavy (non-hydrogen) atoms. The summed E-state index contributed by atoms with van der Waals surface area (Å²) < 4.78 is 0. The molecule has 0 bridgehead atoms. The molecule has 4 heteroatoms. The number of rotatable bonds is 0. The topological polar surface area (TPSA) is 49.6 Å². The van der Waals surface area contributed by atoms with Gasteiger partial charge in [-0.2, -0.15) is 5.26 Å². The molecule has 3 rings (SSSR count). The molecule has 3 nitrogen and oxygen atoms in total. The van der Waals surface area contributed by atoms with Gasteiger partial charge >= 0.3 is 0 Å². The van der Waals surface area contributed by atoms with Crippen LogP contribution in [0.5, 0.6) is 0 Å². The summed E-state index contributed by atoms with van der Waals surface area (Å²) in [6.45, 7) is 0. The van der Waals surface area contributed by atoms with Gasteiger partial charge in [-0.1, -0.05) is 17.7 Å². The second-order valence-electron chi connectivity index (χ2n) is 3.67. The van der Waals surface area contributed by atoms with Crippen molar-refractivity contribution in [2.45, 2.75) is 0 Å². The van der Waals surface area contributed by atoms with Crippen molar-refractivity contribution >= 4 is 33.3 Å². The van der Waals surface area contributed by atoms with Crippen LogP contribution in [0.1, 0.15) is 5.56 Å². The van der Waals surface area contributed by atoms with Gasteiger partial charge in [0, 0.05) is 28.6 Å². The lowest BCUT2D eigenvalue weighted by molar-refractivity contribution is 1.35. The Hall–Kier alpha value is -2.18. The highest BCUT2D eigenvalue weighted by Gasteiger charge is 2.07. The molecule has 0 atom stereocenters. The van der Waals surface area contributed by atoms with Gasteiger partial charge in [-0.3, -0.25) is 4.98 Å². The van der Waals surface area contributed by atoms with Crippen molar-refractivity contribution in [1.82, 2.24) is 9.97 Å². The monoisotopic (exact) mass is 239 g/mol. The molecule has 0 aliphatic rings. The molecular formula is C13H6ClN3. The Bertz CT molecular complexity index is 775. The normalized spacial score (nSPS) is 10.6. The van der Waals surface area contributed by atoms with E-state index in [1.54, 1.807) is 24.5 Å². The average molecular weight is 240 g/mol. The molecule has 0 aliphatic heterocycles. The van der Waals surface area contributed by atoms with Crippen LogP contribution >= 0.6 is 11.6 Å². The van der Waals surface area contributed by atoms with E-state index >= 15 is 0 Å². The van der Waals surface area contributed by atoms with Crippen LogP contribution in [0.2, 0.25) is 5.15 Å². The summed E-state index contributed by atoms with van der Waals surface area (Å²) in [5.41, 5.74) is 1.29. The third-order valence-corrected chi connectivity index (χ3v) is 2.97. The number of benzene rings is 1. The third-order valence-electron chi connectivity index (χ3n) is 2.68. The smallest absolute Gasteiger partial charge is 0.137 e. The number of aromatic nitrogens is 2. The highest BCUT2D eigenvalue weighted by Crippen LogP contribution is 2.28. The molecule has 0 unspecified atom stereocenters. The van der Waals surface area contributed by atoms with Crippen LogP contribution in [0, 0.1) is 11.3 Å². The molecular weight excluding hydrogens is 234 g/mol. The Labute approximate surface area is 102 Å². The Morgan fingerprint density at radius 1 is 1.12 bits per heavy atom. The van der Waals surface area contributed by atoms with Crippen molar-refractivity contribution in [3.05, 3.63) is 47.4 Å². The number of fused-ring (bicyclic) bond motifs is 3. The molecule has 0 saturated carbocycles. The fourth-order valence-corrected chi connectivity index (χ4v) is 2.13. The number of pyridine rings is 2. The highest BCUT2D eigenvalue weighted by molar-refractivity contribution is 6.35. The van der Waals surface area contributed by atoms with Crippen LogP contribution in [0.15, 0.2) is 36.7 Å². The van der Waals surface area contributed by atoms with Crippen LogP contribution in [-0.2, 0) is 0 Å². The Morgan fingerprint density at radius 2 is 2.00 bits per heavy atom. The molecule has 0 spiro atoms. The molecule has 0 N–H and O–H groups in total. The van der Waals surface area contributed by atoms with Gasteiger partial charge in [0.25, 0.3) is 0 Å². The predicted octanol–water partition coefficient (Wildman–Crippen LogP) is 3.31. The molecule has 0 aliphatic carbocycles. The summed E-state index contributed by atoms with van der Waals surface area (Å²) in [5, 5.41) is 12.1. The summed E-state index contributed by atoms with van der Waals surface area (Å²) in [4.78, 5) is 8.39. The van der Waals surface area contributed by atoms with Crippen molar-refractivity contribution in [2.24, 2.45) is 0 Å². The lowest BCUT2D eigenvalue weighted by Crippen LogP contribution is -1.86.